The molecule has 0 bridgehead atoms. The standard InChI is InChI=1S/C24H16BrI2NO4S/c1-31-20-5-3-2-4-19(20)28-23(29)21(33-24(28)30)12-15-10-17(26)22(18(27)11-15)32-13-14-6-8-16(25)9-7-14/h2-12H,13H2,1H3/b21-12-. The van der Waals surface area contributed by atoms with E-state index in [1.54, 1.807) is 30.3 Å². The maximum absolute atomic E-state index is 13.0. The maximum atomic E-state index is 13.0. The number of carbonyl (C=O) groups excluding carboxylic acids is 2. The van der Waals surface area contributed by atoms with Gasteiger partial charge < -0.3 is 9.47 Å². The van der Waals surface area contributed by atoms with Crippen molar-refractivity contribution in [3.63, 3.8) is 0 Å². The number of carbonyl (C=O) groups is 2. The van der Waals surface area contributed by atoms with Crippen molar-refractivity contribution in [3.8, 4) is 11.5 Å². The van der Waals surface area contributed by atoms with Crippen LogP contribution in [0, 0.1) is 7.14 Å². The summed E-state index contributed by atoms with van der Waals surface area (Å²) >= 11 is 8.81. The minimum atomic E-state index is -0.366. The van der Waals surface area contributed by atoms with E-state index in [-0.39, 0.29) is 11.1 Å². The average molecular weight is 748 g/mol. The molecule has 168 valence electrons. The second-order valence-electron chi connectivity index (χ2n) is 6.92. The fraction of sp³-hybridized carbons (Fsp3) is 0.0833. The van der Waals surface area contributed by atoms with Crippen molar-refractivity contribution in [1.29, 1.82) is 0 Å². The van der Waals surface area contributed by atoms with E-state index in [0.717, 1.165) is 45.2 Å². The highest BCUT2D eigenvalue weighted by Gasteiger charge is 2.37. The van der Waals surface area contributed by atoms with Crippen LogP contribution < -0.4 is 14.4 Å². The van der Waals surface area contributed by atoms with E-state index in [2.05, 4.69) is 61.1 Å². The van der Waals surface area contributed by atoms with Gasteiger partial charge in [0.25, 0.3) is 11.1 Å². The number of methoxy groups -OCH3 is 1. The summed E-state index contributed by atoms with van der Waals surface area (Å²) in [6.45, 7) is 0.455. The molecular weight excluding hydrogens is 732 g/mol. The predicted molar refractivity (Wildman–Crippen MR) is 152 cm³/mol. The van der Waals surface area contributed by atoms with Gasteiger partial charge in [0.05, 0.1) is 24.8 Å². The summed E-state index contributed by atoms with van der Waals surface area (Å²) < 4.78 is 14.2. The largest absolute Gasteiger partial charge is 0.495 e. The Labute approximate surface area is 231 Å². The molecule has 9 heteroatoms. The summed E-state index contributed by atoms with van der Waals surface area (Å²) in [4.78, 5) is 27.2. The van der Waals surface area contributed by atoms with Crippen LogP contribution in [-0.2, 0) is 11.4 Å². The molecule has 0 saturated carbocycles. The summed E-state index contributed by atoms with van der Waals surface area (Å²) in [6.07, 6.45) is 1.74. The van der Waals surface area contributed by atoms with E-state index in [1.165, 1.54) is 7.11 Å². The molecule has 0 radical (unpaired) electrons. The Balaban J connectivity index is 1.56. The van der Waals surface area contributed by atoms with Gasteiger partial charge in [-0.25, -0.2) is 4.90 Å². The number of thioether (sulfide) groups is 1. The van der Waals surface area contributed by atoms with Gasteiger partial charge in [-0.1, -0.05) is 40.2 Å². The predicted octanol–water partition coefficient (Wildman–Crippen LogP) is 7.49. The SMILES string of the molecule is COc1ccccc1N1C(=O)S/C(=C\c2cc(I)c(OCc3ccc(Br)cc3)c(I)c2)C1=O. The molecule has 0 unspecified atom stereocenters. The lowest BCUT2D eigenvalue weighted by Crippen LogP contribution is -2.28. The molecule has 3 aromatic carbocycles. The van der Waals surface area contributed by atoms with Gasteiger partial charge in [0, 0.05) is 4.47 Å². The zero-order valence-corrected chi connectivity index (χ0v) is 23.9. The summed E-state index contributed by atoms with van der Waals surface area (Å²) in [5.74, 6) is 0.894. The molecule has 1 aliphatic rings. The zero-order chi connectivity index (χ0) is 23.5. The molecule has 33 heavy (non-hydrogen) atoms. The Morgan fingerprint density at radius 1 is 1.03 bits per heavy atom. The number of hydrogen-bond donors (Lipinski definition) is 0. The van der Waals surface area contributed by atoms with Gasteiger partial charge in [0.1, 0.15) is 18.1 Å². The lowest BCUT2D eigenvalue weighted by molar-refractivity contribution is -0.113. The van der Waals surface area contributed by atoms with Gasteiger partial charge in [0.15, 0.2) is 0 Å². The first kappa shape index (κ1) is 24.6. The number of para-hydroxylation sites is 2. The Hall–Kier alpha value is -1.57. The van der Waals surface area contributed by atoms with Crippen LogP contribution in [0.5, 0.6) is 11.5 Å². The zero-order valence-electron chi connectivity index (χ0n) is 17.2. The number of hydrogen-bond acceptors (Lipinski definition) is 5. The van der Waals surface area contributed by atoms with Gasteiger partial charge in [-0.2, -0.15) is 0 Å². The van der Waals surface area contributed by atoms with Crippen molar-refractivity contribution in [1.82, 2.24) is 0 Å². The van der Waals surface area contributed by atoms with Crippen molar-refractivity contribution in [2.24, 2.45) is 0 Å². The second-order valence-corrected chi connectivity index (χ2v) is 11.2. The van der Waals surface area contributed by atoms with Crippen LogP contribution in [-0.4, -0.2) is 18.3 Å². The Kier molecular flexibility index (Phi) is 8.03. The van der Waals surface area contributed by atoms with Crippen LogP contribution >= 0.6 is 72.9 Å². The van der Waals surface area contributed by atoms with Gasteiger partial charge in [-0.3, -0.25) is 9.59 Å². The molecule has 3 aromatic rings. The van der Waals surface area contributed by atoms with Crippen molar-refractivity contribution < 1.29 is 19.1 Å². The summed E-state index contributed by atoms with van der Waals surface area (Å²) in [7, 11) is 1.51. The highest BCUT2D eigenvalue weighted by Crippen LogP contribution is 2.40. The van der Waals surface area contributed by atoms with Crippen LogP contribution in [0.4, 0.5) is 10.5 Å². The molecule has 1 saturated heterocycles. The van der Waals surface area contributed by atoms with Crippen molar-refractivity contribution >= 4 is 95.8 Å². The molecule has 0 N–H and O–H groups in total. The molecule has 4 rings (SSSR count). The normalized spacial score (nSPS) is 14.8. The van der Waals surface area contributed by atoms with Gasteiger partial charge in [0.2, 0.25) is 0 Å². The third-order valence-corrected chi connectivity index (χ3v) is 7.74. The van der Waals surface area contributed by atoms with Gasteiger partial charge >= 0.3 is 0 Å². The summed E-state index contributed by atoms with van der Waals surface area (Å²) in [5.41, 5.74) is 2.33. The number of ether oxygens (including phenoxy) is 2. The average Bonchev–Trinajstić information content (AvgIpc) is 3.07. The highest BCUT2D eigenvalue weighted by atomic mass is 127. The second kappa shape index (κ2) is 10.8. The molecule has 1 heterocycles. The number of benzene rings is 3. The molecule has 1 fully saturated rings. The molecule has 1 aliphatic heterocycles. The third kappa shape index (κ3) is 5.57. The minimum Gasteiger partial charge on any atom is -0.495 e. The summed E-state index contributed by atoms with van der Waals surface area (Å²) in [6, 6.07) is 18.8. The number of rotatable bonds is 6. The van der Waals surface area contributed by atoms with E-state index in [0.29, 0.717) is 22.9 Å². The molecule has 2 amide bonds. The van der Waals surface area contributed by atoms with Crippen LogP contribution in [0.15, 0.2) is 70.0 Å². The summed E-state index contributed by atoms with van der Waals surface area (Å²) in [5, 5.41) is -0.352. The van der Waals surface area contributed by atoms with E-state index < -0.39 is 0 Å². The number of halogens is 3. The van der Waals surface area contributed by atoms with Gasteiger partial charge in [-0.05, 0) is 111 Å². The number of nitrogens with zero attached hydrogens (tertiary/aromatic N) is 1. The number of imide groups is 1. The third-order valence-electron chi connectivity index (χ3n) is 4.73. The van der Waals surface area contributed by atoms with Crippen LogP contribution in [0.1, 0.15) is 11.1 Å². The van der Waals surface area contributed by atoms with Crippen LogP contribution in [0.25, 0.3) is 6.08 Å². The smallest absolute Gasteiger partial charge is 0.298 e. The van der Waals surface area contributed by atoms with Crippen molar-refractivity contribution in [2.75, 3.05) is 12.0 Å². The molecule has 0 spiro atoms. The first-order chi connectivity index (χ1) is 15.9. The molecule has 5 nitrogen and oxygen atoms in total. The molecule has 0 atom stereocenters. The van der Waals surface area contributed by atoms with Gasteiger partial charge in [-0.15, -0.1) is 0 Å². The Morgan fingerprint density at radius 3 is 2.36 bits per heavy atom. The minimum absolute atomic E-state index is 0.352. The lowest BCUT2D eigenvalue weighted by Gasteiger charge is -2.15. The maximum Gasteiger partial charge on any atom is 0.298 e. The van der Waals surface area contributed by atoms with E-state index in [9.17, 15) is 9.59 Å². The highest BCUT2D eigenvalue weighted by molar-refractivity contribution is 14.1. The van der Waals surface area contributed by atoms with Crippen molar-refractivity contribution in [2.45, 2.75) is 6.61 Å². The molecule has 0 aliphatic carbocycles. The van der Waals surface area contributed by atoms with Crippen molar-refractivity contribution in [3.05, 3.63) is 88.3 Å². The molecular formula is C24H16BrI2NO4S. The topological polar surface area (TPSA) is 55.8 Å². The fourth-order valence-corrected chi connectivity index (χ4v) is 6.40. The fourth-order valence-electron chi connectivity index (χ4n) is 3.18. The van der Waals surface area contributed by atoms with E-state index in [4.69, 9.17) is 9.47 Å². The lowest BCUT2D eigenvalue weighted by atomic mass is 10.2. The first-order valence-corrected chi connectivity index (χ1v) is 13.4. The first-order valence-electron chi connectivity index (χ1n) is 9.64. The Morgan fingerprint density at radius 2 is 1.70 bits per heavy atom. The monoisotopic (exact) mass is 747 g/mol. The van der Waals surface area contributed by atoms with E-state index >= 15 is 0 Å². The Bertz CT molecular complexity index is 1240. The number of amides is 2. The van der Waals surface area contributed by atoms with Crippen LogP contribution in [0.2, 0.25) is 0 Å². The quantitative estimate of drug-likeness (QED) is 0.193. The van der Waals surface area contributed by atoms with E-state index in [1.807, 2.05) is 36.4 Å². The molecule has 0 aromatic heterocycles. The number of anilines is 1. The van der Waals surface area contributed by atoms with Crippen LogP contribution in [0.3, 0.4) is 0 Å².